The van der Waals surface area contributed by atoms with Crippen molar-refractivity contribution in [2.24, 2.45) is 0 Å². The van der Waals surface area contributed by atoms with E-state index in [2.05, 4.69) is 31.7 Å². The average molecular weight is 134 g/mol. The molecule has 0 atom stereocenters. The molecule has 0 aliphatic carbocycles. The summed E-state index contributed by atoms with van der Waals surface area (Å²) in [5.41, 5.74) is 0. The van der Waals surface area contributed by atoms with Crippen LogP contribution in [0.25, 0.3) is 0 Å². The van der Waals surface area contributed by atoms with Crippen LogP contribution < -0.4 is 0 Å². The number of allylic oxidation sites excluding steroid dienone is 1. The van der Waals surface area contributed by atoms with Crippen molar-refractivity contribution in [3.05, 3.63) is 19.1 Å². The van der Waals surface area contributed by atoms with Crippen molar-refractivity contribution in [2.45, 2.75) is 13.8 Å². The first-order chi connectivity index (χ1) is 4.35. The molecule has 0 amide bonds. The molecule has 0 fully saturated rings. The number of hydrogen-bond donors (Lipinski definition) is 0. The van der Waals surface area contributed by atoms with Crippen LogP contribution in [0, 0.1) is 6.92 Å². The molecule has 0 N–H and O–H groups in total. The van der Waals surface area contributed by atoms with Gasteiger partial charge in [-0.05, 0) is 20.0 Å². The molecule has 2 heteroatoms. The molecule has 1 radical (unpaired) electrons. The summed E-state index contributed by atoms with van der Waals surface area (Å²) >= 11 is 0. The fourth-order valence-corrected chi connectivity index (χ4v) is 0.705. The molecule has 0 unspecified atom stereocenters. The molecule has 0 saturated heterocycles. The van der Waals surface area contributed by atoms with Crippen LogP contribution in [-0.4, -0.2) is 43.4 Å². The van der Waals surface area contributed by atoms with Crippen molar-refractivity contribution in [1.82, 2.24) is 4.90 Å². The maximum atomic E-state index is 3.62. The van der Waals surface area contributed by atoms with Gasteiger partial charge in [0.1, 0.15) is 0 Å². The van der Waals surface area contributed by atoms with Crippen LogP contribution in [0.3, 0.4) is 0 Å². The normalized spacial score (nSPS) is 10.4. The van der Waals surface area contributed by atoms with Crippen molar-refractivity contribution >= 4 is 18.9 Å². The maximum absolute atomic E-state index is 3.62. The summed E-state index contributed by atoms with van der Waals surface area (Å²) in [5.74, 6) is 0. The summed E-state index contributed by atoms with van der Waals surface area (Å²) < 4.78 is 0. The van der Waals surface area contributed by atoms with Gasteiger partial charge in [0.25, 0.3) is 0 Å². The molecular formula is C8H17LiN. The van der Waals surface area contributed by atoms with Gasteiger partial charge in [0.05, 0.1) is 0 Å². The quantitative estimate of drug-likeness (QED) is 0.520. The molecule has 10 heavy (non-hydrogen) atoms. The topological polar surface area (TPSA) is 3.24 Å². The van der Waals surface area contributed by atoms with Crippen molar-refractivity contribution in [3.63, 3.8) is 0 Å². The monoisotopic (exact) mass is 134 g/mol. The van der Waals surface area contributed by atoms with Crippen LogP contribution in [0.1, 0.15) is 13.8 Å². The molecule has 0 aromatic rings. The van der Waals surface area contributed by atoms with E-state index in [1.165, 1.54) is 0 Å². The van der Waals surface area contributed by atoms with Crippen LogP contribution in [0.15, 0.2) is 12.2 Å². The van der Waals surface area contributed by atoms with Gasteiger partial charge in [0, 0.05) is 6.54 Å². The minimum absolute atomic E-state index is 0. The Kier molecular flexibility index (Phi) is 12.0. The van der Waals surface area contributed by atoms with E-state index in [4.69, 9.17) is 0 Å². The van der Waals surface area contributed by atoms with E-state index in [0.29, 0.717) is 0 Å². The molecule has 0 rings (SSSR count). The molecule has 0 aliphatic rings. The zero-order valence-electron chi connectivity index (χ0n) is 6.43. The zero-order chi connectivity index (χ0) is 7.11. The fraction of sp³-hybridized carbons (Fsp3) is 0.625. The zero-order valence-corrected chi connectivity index (χ0v) is 6.43. The second kappa shape index (κ2) is 9.30. The van der Waals surface area contributed by atoms with Gasteiger partial charge in [-0.2, -0.15) is 0 Å². The van der Waals surface area contributed by atoms with Crippen molar-refractivity contribution in [1.29, 1.82) is 0 Å². The Morgan fingerprint density at radius 2 is 1.80 bits per heavy atom. The number of likely N-dealkylation sites (N-methyl/N-ethyl adjacent to an activating group) is 1. The van der Waals surface area contributed by atoms with Gasteiger partial charge in [-0.3, -0.25) is 0 Å². The predicted molar refractivity (Wildman–Crippen MR) is 49.4 cm³/mol. The Hall–Kier alpha value is 0.297. The third kappa shape index (κ3) is 6.42. The van der Waals surface area contributed by atoms with Crippen LogP contribution >= 0.6 is 0 Å². The van der Waals surface area contributed by atoms with E-state index in [9.17, 15) is 0 Å². The number of nitrogens with zero attached hydrogens (tertiary/aromatic N) is 1. The first-order valence-corrected chi connectivity index (χ1v) is 3.51. The standard InChI is InChI=1S/C8H16N.Li.H/c1-4-7-8-9(5-2)6-3;;/h4,7H,1,5-6,8H2,2-3H3;;/b7-4+;;. The molecule has 0 aliphatic heterocycles. The summed E-state index contributed by atoms with van der Waals surface area (Å²) in [6.45, 7) is 11.2. The molecule has 0 aromatic heterocycles. The van der Waals surface area contributed by atoms with E-state index in [-0.39, 0.29) is 18.9 Å². The predicted octanol–water partition coefficient (Wildman–Crippen LogP) is 1.07. The van der Waals surface area contributed by atoms with Crippen molar-refractivity contribution < 1.29 is 0 Å². The molecule has 55 valence electrons. The SMILES string of the molecule is [CH2]/C=C/CN(CC)CC.[LiH]. The van der Waals surface area contributed by atoms with Gasteiger partial charge < -0.3 is 4.90 Å². The van der Waals surface area contributed by atoms with Crippen molar-refractivity contribution in [3.8, 4) is 0 Å². The van der Waals surface area contributed by atoms with Crippen LogP contribution in [0.2, 0.25) is 0 Å². The summed E-state index contributed by atoms with van der Waals surface area (Å²) in [7, 11) is 0. The molecule has 0 bridgehead atoms. The summed E-state index contributed by atoms with van der Waals surface area (Å²) in [4.78, 5) is 2.34. The van der Waals surface area contributed by atoms with Gasteiger partial charge >= 0.3 is 18.9 Å². The summed E-state index contributed by atoms with van der Waals surface area (Å²) in [6, 6.07) is 0. The Morgan fingerprint density at radius 3 is 2.10 bits per heavy atom. The molecule has 0 spiro atoms. The average Bonchev–Trinajstić information content (AvgIpc) is 1.91. The van der Waals surface area contributed by atoms with E-state index in [1.54, 1.807) is 0 Å². The van der Waals surface area contributed by atoms with Gasteiger partial charge in [-0.25, -0.2) is 0 Å². The first-order valence-electron chi connectivity index (χ1n) is 3.51. The van der Waals surface area contributed by atoms with Gasteiger partial charge in [-0.15, -0.1) is 0 Å². The third-order valence-electron chi connectivity index (χ3n) is 1.42. The van der Waals surface area contributed by atoms with E-state index < -0.39 is 0 Å². The van der Waals surface area contributed by atoms with Crippen LogP contribution in [-0.2, 0) is 0 Å². The Bertz CT molecular complexity index is 77.3. The Labute approximate surface area is 76.7 Å². The summed E-state index contributed by atoms with van der Waals surface area (Å²) in [5, 5.41) is 0. The van der Waals surface area contributed by atoms with Crippen LogP contribution in [0.4, 0.5) is 0 Å². The van der Waals surface area contributed by atoms with Gasteiger partial charge in [-0.1, -0.05) is 26.0 Å². The molecular weight excluding hydrogens is 117 g/mol. The van der Waals surface area contributed by atoms with E-state index in [1.807, 2.05) is 6.08 Å². The first kappa shape index (κ1) is 12.9. The van der Waals surface area contributed by atoms with Gasteiger partial charge in [0.2, 0.25) is 0 Å². The Balaban J connectivity index is 0. The second-order valence-electron chi connectivity index (χ2n) is 1.96. The van der Waals surface area contributed by atoms with Gasteiger partial charge in [0.15, 0.2) is 0 Å². The molecule has 1 nitrogen and oxygen atoms in total. The minimum atomic E-state index is 0. The summed E-state index contributed by atoms with van der Waals surface area (Å²) in [6.07, 6.45) is 3.92. The fourth-order valence-electron chi connectivity index (χ4n) is 0.705. The third-order valence-corrected chi connectivity index (χ3v) is 1.42. The van der Waals surface area contributed by atoms with E-state index in [0.717, 1.165) is 19.6 Å². The van der Waals surface area contributed by atoms with E-state index >= 15 is 0 Å². The second-order valence-corrected chi connectivity index (χ2v) is 1.96. The van der Waals surface area contributed by atoms with Crippen LogP contribution in [0.5, 0.6) is 0 Å². The molecule has 0 heterocycles. The molecule has 0 saturated carbocycles. The number of hydrogen-bond acceptors (Lipinski definition) is 1. The van der Waals surface area contributed by atoms with Crippen molar-refractivity contribution in [2.75, 3.05) is 19.6 Å². The number of rotatable bonds is 4. The Morgan fingerprint density at radius 1 is 1.30 bits per heavy atom. The molecule has 0 aromatic carbocycles.